The van der Waals surface area contributed by atoms with E-state index in [2.05, 4.69) is 10.3 Å². The van der Waals surface area contributed by atoms with E-state index in [0.29, 0.717) is 10.5 Å². The Morgan fingerprint density at radius 2 is 1.84 bits per heavy atom. The lowest BCUT2D eigenvalue weighted by Crippen LogP contribution is -2.22. The van der Waals surface area contributed by atoms with Crippen LogP contribution < -0.4 is 10.1 Å². The molecule has 2 amide bonds. The Morgan fingerprint density at radius 1 is 1.06 bits per heavy atom. The molecule has 0 bridgehead atoms. The van der Waals surface area contributed by atoms with Gasteiger partial charge < -0.3 is 14.6 Å². The average molecular weight is 448 g/mol. The quantitative estimate of drug-likeness (QED) is 0.473. The number of methoxy groups -OCH3 is 1. The second-order valence-corrected chi connectivity index (χ2v) is 8.24. The van der Waals surface area contributed by atoms with Crippen LogP contribution in [0.15, 0.2) is 65.7 Å². The summed E-state index contributed by atoms with van der Waals surface area (Å²) in [6.45, 7) is 1.36. The van der Waals surface area contributed by atoms with Crippen molar-refractivity contribution in [1.82, 2.24) is 4.57 Å². The first kappa shape index (κ1) is 21.5. The molecule has 0 aliphatic rings. The maximum atomic E-state index is 12.9. The van der Waals surface area contributed by atoms with Gasteiger partial charge >= 0.3 is 5.97 Å². The van der Waals surface area contributed by atoms with Gasteiger partial charge in [0.15, 0.2) is 4.80 Å². The number of benzene rings is 3. The number of aromatic nitrogens is 1. The molecule has 0 fully saturated rings. The van der Waals surface area contributed by atoms with Crippen molar-refractivity contribution in [3.63, 3.8) is 0 Å². The predicted octanol–water partition coefficient (Wildman–Crippen LogP) is 3.66. The molecule has 1 heterocycles. The van der Waals surface area contributed by atoms with E-state index in [0.717, 1.165) is 26.6 Å². The lowest BCUT2D eigenvalue weighted by Gasteiger charge is -2.06. The molecule has 0 aliphatic heterocycles. The van der Waals surface area contributed by atoms with Crippen LogP contribution >= 0.6 is 11.3 Å². The normalized spacial score (nSPS) is 11.6. The van der Waals surface area contributed by atoms with E-state index in [1.165, 1.54) is 25.4 Å². The number of rotatable bonds is 5. The summed E-state index contributed by atoms with van der Waals surface area (Å²) in [5, 5.41) is 4.81. The van der Waals surface area contributed by atoms with Crippen LogP contribution in [0.5, 0.6) is 0 Å². The maximum absolute atomic E-state index is 12.9. The van der Waals surface area contributed by atoms with Gasteiger partial charge in [-0.15, -0.1) is 0 Å². The van der Waals surface area contributed by atoms with Crippen molar-refractivity contribution in [2.45, 2.75) is 19.9 Å². The van der Waals surface area contributed by atoms with Crippen molar-refractivity contribution in [1.29, 1.82) is 0 Å². The number of carbonyl (C=O) groups excluding carboxylic acids is 3. The number of carbonyl (C=O) groups is 3. The first-order chi connectivity index (χ1) is 15.4. The third kappa shape index (κ3) is 4.60. The van der Waals surface area contributed by atoms with E-state index in [-0.39, 0.29) is 24.8 Å². The molecule has 0 aliphatic carbocycles. The number of hydrogen-bond acceptors (Lipinski definition) is 5. The van der Waals surface area contributed by atoms with Crippen LogP contribution in [0.2, 0.25) is 0 Å². The lowest BCUT2D eigenvalue weighted by atomic mass is 10.0. The van der Waals surface area contributed by atoms with E-state index < -0.39 is 5.97 Å². The highest BCUT2D eigenvalue weighted by molar-refractivity contribution is 7.16. The number of nitrogens with zero attached hydrogens (tertiary/aromatic N) is 2. The topological polar surface area (TPSA) is 89.8 Å². The molecule has 0 saturated carbocycles. The van der Waals surface area contributed by atoms with Gasteiger partial charge in [0.2, 0.25) is 5.91 Å². The lowest BCUT2D eigenvalue weighted by molar-refractivity contribution is -0.141. The summed E-state index contributed by atoms with van der Waals surface area (Å²) >= 11 is 1.28. The Hall–Kier alpha value is -3.78. The van der Waals surface area contributed by atoms with Crippen LogP contribution in [-0.2, 0) is 32.1 Å². The molecule has 0 unspecified atom stereocenters. The largest absolute Gasteiger partial charge is 0.468 e. The molecule has 0 spiro atoms. The summed E-state index contributed by atoms with van der Waals surface area (Å²) in [5.41, 5.74) is 2.25. The Morgan fingerprint density at radius 3 is 2.62 bits per heavy atom. The van der Waals surface area contributed by atoms with E-state index in [4.69, 9.17) is 4.74 Å². The minimum absolute atomic E-state index is 0.0731. The van der Waals surface area contributed by atoms with E-state index >= 15 is 0 Å². The van der Waals surface area contributed by atoms with Crippen LogP contribution in [0.1, 0.15) is 12.5 Å². The highest BCUT2D eigenvalue weighted by Crippen LogP contribution is 2.23. The van der Waals surface area contributed by atoms with Crippen molar-refractivity contribution in [2.24, 2.45) is 4.99 Å². The molecule has 3 aromatic carbocycles. The van der Waals surface area contributed by atoms with Crippen molar-refractivity contribution in [3.05, 3.63) is 71.0 Å². The summed E-state index contributed by atoms with van der Waals surface area (Å²) in [7, 11) is 1.31. The molecule has 4 aromatic rings. The van der Waals surface area contributed by atoms with E-state index in [1.54, 1.807) is 22.8 Å². The number of anilines is 1. The third-order valence-corrected chi connectivity index (χ3v) is 6.00. The zero-order chi connectivity index (χ0) is 22.7. The number of amides is 2. The first-order valence-electron chi connectivity index (χ1n) is 9.96. The summed E-state index contributed by atoms with van der Waals surface area (Å²) in [6, 6.07) is 19.1. The fourth-order valence-corrected chi connectivity index (χ4v) is 4.63. The smallest absolute Gasteiger partial charge is 0.325 e. The van der Waals surface area contributed by atoms with Gasteiger partial charge in [-0.3, -0.25) is 14.4 Å². The second kappa shape index (κ2) is 9.15. The molecule has 4 rings (SSSR count). The first-order valence-corrected chi connectivity index (χ1v) is 10.8. The zero-order valence-electron chi connectivity index (χ0n) is 17.6. The van der Waals surface area contributed by atoms with Crippen molar-refractivity contribution >= 4 is 55.8 Å². The van der Waals surface area contributed by atoms with Gasteiger partial charge in [0.1, 0.15) is 6.54 Å². The highest BCUT2D eigenvalue weighted by atomic mass is 32.1. The van der Waals surface area contributed by atoms with Crippen LogP contribution in [0.4, 0.5) is 5.69 Å². The van der Waals surface area contributed by atoms with E-state index in [1.807, 2.05) is 42.5 Å². The fourth-order valence-electron chi connectivity index (χ4n) is 3.54. The second-order valence-electron chi connectivity index (χ2n) is 7.23. The van der Waals surface area contributed by atoms with Gasteiger partial charge in [0.05, 0.1) is 23.7 Å². The predicted molar refractivity (Wildman–Crippen MR) is 124 cm³/mol. The Labute approximate surface area is 188 Å². The van der Waals surface area contributed by atoms with Crippen molar-refractivity contribution < 1.29 is 19.1 Å². The Balaban J connectivity index is 1.75. The molecule has 0 saturated heterocycles. The van der Waals surface area contributed by atoms with Gasteiger partial charge in [-0.2, -0.15) is 4.99 Å². The number of esters is 1. The molecule has 32 heavy (non-hydrogen) atoms. The van der Waals surface area contributed by atoms with Gasteiger partial charge in [0.25, 0.3) is 5.91 Å². The summed E-state index contributed by atoms with van der Waals surface area (Å²) in [5.74, 6) is -0.939. The number of hydrogen-bond donors (Lipinski definition) is 1. The average Bonchev–Trinajstić information content (AvgIpc) is 3.09. The monoisotopic (exact) mass is 447 g/mol. The number of thiazole rings is 1. The van der Waals surface area contributed by atoms with Crippen LogP contribution in [0.3, 0.4) is 0 Å². The van der Waals surface area contributed by atoms with Crippen molar-refractivity contribution in [3.8, 4) is 0 Å². The SMILES string of the molecule is COC(=O)Cn1c(=NC(=O)Cc2cccc3ccccc23)sc2cc(NC(C)=O)ccc21. The van der Waals surface area contributed by atoms with Gasteiger partial charge in [0, 0.05) is 12.6 Å². The molecule has 0 radical (unpaired) electrons. The molecular formula is C24H21N3O4S. The summed E-state index contributed by atoms with van der Waals surface area (Å²) in [6.07, 6.45) is 0.144. The van der Waals surface area contributed by atoms with Crippen LogP contribution in [0.25, 0.3) is 21.0 Å². The molecule has 0 atom stereocenters. The molecule has 1 N–H and O–H groups in total. The number of fused-ring (bicyclic) bond motifs is 2. The third-order valence-electron chi connectivity index (χ3n) is 4.96. The fraction of sp³-hybridized carbons (Fsp3) is 0.167. The van der Waals surface area contributed by atoms with Crippen LogP contribution in [-0.4, -0.2) is 29.5 Å². The molecule has 8 heteroatoms. The van der Waals surface area contributed by atoms with Crippen LogP contribution in [0, 0.1) is 0 Å². The van der Waals surface area contributed by atoms with Gasteiger partial charge in [-0.1, -0.05) is 53.8 Å². The Bertz CT molecular complexity index is 1410. The standard InChI is InChI=1S/C24H21N3O4S/c1-15(28)25-18-10-11-20-21(13-18)32-24(27(20)14-23(30)31-2)26-22(29)12-17-8-5-7-16-6-3-4-9-19(16)17/h3-11,13H,12,14H2,1-2H3,(H,25,28). The zero-order valence-corrected chi connectivity index (χ0v) is 18.4. The number of nitrogens with one attached hydrogen (secondary N) is 1. The molecule has 1 aromatic heterocycles. The molecule has 7 nitrogen and oxygen atoms in total. The Kier molecular flexibility index (Phi) is 6.13. The minimum atomic E-state index is -0.446. The minimum Gasteiger partial charge on any atom is -0.468 e. The molecule has 162 valence electrons. The summed E-state index contributed by atoms with van der Waals surface area (Å²) in [4.78, 5) is 41.0. The number of ether oxygens (including phenoxy) is 1. The summed E-state index contributed by atoms with van der Waals surface area (Å²) < 4.78 is 7.26. The van der Waals surface area contributed by atoms with Gasteiger partial charge in [-0.25, -0.2) is 0 Å². The van der Waals surface area contributed by atoms with E-state index in [9.17, 15) is 14.4 Å². The van der Waals surface area contributed by atoms with Gasteiger partial charge in [-0.05, 0) is 34.5 Å². The highest BCUT2D eigenvalue weighted by Gasteiger charge is 2.13. The van der Waals surface area contributed by atoms with Crippen molar-refractivity contribution in [2.75, 3.05) is 12.4 Å². The molecular weight excluding hydrogens is 426 g/mol. The maximum Gasteiger partial charge on any atom is 0.325 e.